The Morgan fingerprint density at radius 1 is 1.38 bits per heavy atom. The Balaban J connectivity index is 3.19. The highest BCUT2D eigenvalue weighted by molar-refractivity contribution is 9.10. The summed E-state index contributed by atoms with van der Waals surface area (Å²) in [5, 5.41) is 17.8. The summed E-state index contributed by atoms with van der Waals surface area (Å²) in [6.45, 7) is 0. The molecule has 0 bridgehead atoms. The summed E-state index contributed by atoms with van der Waals surface area (Å²) in [7, 11) is 0. The lowest BCUT2D eigenvalue weighted by Gasteiger charge is -2.10. The van der Waals surface area contributed by atoms with Crippen molar-refractivity contribution < 1.29 is 32.9 Å². The molecule has 0 amide bonds. The van der Waals surface area contributed by atoms with Gasteiger partial charge in [-0.2, -0.15) is 0 Å². The fraction of sp³-hybridized carbons (Fsp3) is 0.125. The number of benzene rings is 1. The quantitative estimate of drug-likeness (QED) is 0.881. The third-order valence-electron chi connectivity index (χ3n) is 1.50. The van der Waals surface area contributed by atoms with Crippen molar-refractivity contribution in [1.82, 2.24) is 0 Å². The minimum Gasteiger partial charge on any atom is -0.506 e. The molecule has 8 heteroatoms. The van der Waals surface area contributed by atoms with Gasteiger partial charge in [0, 0.05) is 0 Å². The molecule has 1 aromatic carbocycles. The molecule has 0 aliphatic carbocycles. The van der Waals surface area contributed by atoms with Crippen LogP contribution in [0.2, 0.25) is 0 Å². The van der Waals surface area contributed by atoms with Gasteiger partial charge in [0.05, 0.1) is 4.47 Å². The van der Waals surface area contributed by atoms with E-state index < -0.39 is 29.4 Å². The van der Waals surface area contributed by atoms with Crippen molar-refractivity contribution in [2.45, 2.75) is 6.36 Å². The van der Waals surface area contributed by atoms with Gasteiger partial charge in [0.2, 0.25) is 0 Å². The van der Waals surface area contributed by atoms with Crippen molar-refractivity contribution in [3.05, 3.63) is 22.2 Å². The van der Waals surface area contributed by atoms with Gasteiger partial charge in [0.15, 0.2) is 0 Å². The second-order valence-corrected chi connectivity index (χ2v) is 3.51. The fourth-order valence-electron chi connectivity index (χ4n) is 0.930. The summed E-state index contributed by atoms with van der Waals surface area (Å²) >= 11 is 2.71. The molecule has 0 unspecified atom stereocenters. The summed E-state index contributed by atoms with van der Waals surface area (Å²) < 4.78 is 38.9. The number of aromatic carboxylic acids is 1. The number of carbonyl (C=O) groups is 1. The summed E-state index contributed by atoms with van der Waals surface area (Å²) in [4.78, 5) is 10.6. The molecule has 0 fully saturated rings. The van der Waals surface area contributed by atoms with E-state index in [4.69, 9.17) is 5.11 Å². The Bertz CT molecular complexity index is 430. The van der Waals surface area contributed by atoms with Crippen LogP contribution in [0, 0.1) is 0 Å². The average Bonchev–Trinajstić information content (AvgIpc) is 2.07. The molecular weight excluding hydrogens is 297 g/mol. The second-order valence-electron chi connectivity index (χ2n) is 2.65. The smallest absolute Gasteiger partial charge is 0.506 e. The molecule has 88 valence electrons. The van der Waals surface area contributed by atoms with Gasteiger partial charge in [-0.3, -0.25) is 0 Å². The lowest BCUT2D eigenvalue weighted by Crippen LogP contribution is -2.17. The standard InChI is InChI=1S/C8H4BrF3O4/c9-5-2-3(16-8(10,11)12)1-4(6(5)13)7(14)15/h1-2,13H,(H,14,15). The number of carboxylic acid groups (broad SMARTS) is 1. The molecule has 4 nitrogen and oxygen atoms in total. The Morgan fingerprint density at radius 2 is 1.94 bits per heavy atom. The van der Waals surface area contributed by atoms with Gasteiger partial charge < -0.3 is 14.9 Å². The highest BCUT2D eigenvalue weighted by atomic mass is 79.9. The molecule has 2 N–H and O–H groups in total. The molecule has 0 saturated carbocycles. The Hall–Kier alpha value is -1.44. The zero-order valence-corrected chi connectivity index (χ0v) is 8.96. The minimum absolute atomic E-state index is 0.202. The number of hydrogen-bond acceptors (Lipinski definition) is 3. The van der Waals surface area contributed by atoms with E-state index in [-0.39, 0.29) is 4.47 Å². The largest absolute Gasteiger partial charge is 0.573 e. The SMILES string of the molecule is O=C(O)c1cc(OC(F)(F)F)cc(Br)c1O. The molecule has 16 heavy (non-hydrogen) atoms. The van der Waals surface area contributed by atoms with E-state index in [9.17, 15) is 23.1 Å². The number of hydrogen-bond donors (Lipinski definition) is 2. The van der Waals surface area contributed by atoms with Crippen LogP contribution in [0.3, 0.4) is 0 Å². The number of carboxylic acids is 1. The predicted octanol–water partition coefficient (Wildman–Crippen LogP) is 2.75. The third-order valence-corrected chi connectivity index (χ3v) is 2.11. The first-order chi connectivity index (χ1) is 7.20. The number of alkyl halides is 3. The normalized spacial score (nSPS) is 11.2. The van der Waals surface area contributed by atoms with Crippen LogP contribution in [0.1, 0.15) is 10.4 Å². The molecule has 0 aliphatic rings. The lowest BCUT2D eigenvalue weighted by atomic mass is 10.2. The Kier molecular flexibility index (Phi) is 3.32. The van der Waals surface area contributed by atoms with Gasteiger partial charge in [-0.15, -0.1) is 13.2 Å². The lowest BCUT2D eigenvalue weighted by molar-refractivity contribution is -0.274. The third kappa shape index (κ3) is 3.02. The van der Waals surface area contributed by atoms with Crippen LogP contribution in [0.4, 0.5) is 13.2 Å². The van der Waals surface area contributed by atoms with Crippen LogP contribution in [0.15, 0.2) is 16.6 Å². The molecule has 1 aromatic rings. The molecule has 0 spiro atoms. The van der Waals surface area contributed by atoms with Gasteiger partial charge in [0.1, 0.15) is 17.1 Å². The fourth-order valence-corrected chi connectivity index (χ4v) is 1.37. The van der Waals surface area contributed by atoms with Crippen molar-refractivity contribution in [3.8, 4) is 11.5 Å². The molecule has 0 heterocycles. The monoisotopic (exact) mass is 300 g/mol. The Labute approximate surface area is 95.4 Å². The molecule has 1 rings (SSSR count). The van der Waals surface area contributed by atoms with E-state index >= 15 is 0 Å². The minimum atomic E-state index is -4.92. The van der Waals surface area contributed by atoms with Crippen LogP contribution >= 0.6 is 15.9 Å². The van der Waals surface area contributed by atoms with Gasteiger partial charge in [0.25, 0.3) is 0 Å². The Morgan fingerprint density at radius 3 is 2.38 bits per heavy atom. The van der Waals surface area contributed by atoms with Crippen LogP contribution in [-0.2, 0) is 0 Å². The van der Waals surface area contributed by atoms with Crippen LogP contribution in [0.5, 0.6) is 11.5 Å². The average molecular weight is 301 g/mol. The number of aromatic hydroxyl groups is 1. The van der Waals surface area contributed by atoms with Crippen LogP contribution in [-0.4, -0.2) is 22.5 Å². The van der Waals surface area contributed by atoms with Gasteiger partial charge in [-0.05, 0) is 28.1 Å². The first-order valence-electron chi connectivity index (χ1n) is 3.72. The predicted molar refractivity (Wildman–Crippen MR) is 49.4 cm³/mol. The molecule has 0 aromatic heterocycles. The zero-order chi connectivity index (χ0) is 12.5. The number of ether oxygens (including phenoxy) is 1. The number of halogens is 4. The first kappa shape index (κ1) is 12.6. The molecule has 0 saturated heterocycles. The van der Waals surface area contributed by atoms with Crippen LogP contribution in [0.25, 0.3) is 0 Å². The molecule has 0 radical (unpaired) electrons. The van der Waals surface area contributed by atoms with Crippen molar-refractivity contribution in [3.63, 3.8) is 0 Å². The van der Waals surface area contributed by atoms with E-state index in [1.165, 1.54) is 0 Å². The first-order valence-corrected chi connectivity index (χ1v) is 4.51. The van der Waals surface area contributed by atoms with E-state index in [1.54, 1.807) is 0 Å². The number of phenols is 1. The summed E-state index contributed by atoms with van der Waals surface area (Å²) in [6.07, 6.45) is -4.92. The summed E-state index contributed by atoms with van der Waals surface area (Å²) in [5.41, 5.74) is -0.686. The van der Waals surface area contributed by atoms with E-state index in [0.29, 0.717) is 6.07 Å². The molecule has 0 atom stereocenters. The molecule has 0 aliphatic heterocycles. The van der Waals surface area contributed by atoms with E-state index in [0.717, 1.165) is 6.07 Å². The zero-order valence-electron chi connectivity index (χ0n) is 7.38. The topological polar surface area (TPSA) is 66.8 Å². The maximum Gasteiger partial charge on any atom is 0.573 e. The second kappa shape index (κ2) is 4.20. The number of rotatable bonds is 2. The van der Waals surface area contributed by atoms with Gasteiger partial charge >= 0.3 is 12.3 Å². The van der Waals surface area contributed by atoms with E-state index in [1.807, 2.05) is 0 Å². The van der Waals surface area contributed by atoms with Crippen molar-refractivity contribution in [2.24, 2.45) is 0 Å². The maximum atomic E-state index is 11.9. The highest BCUT2D eigenvalue weighted by Crippen LogP contribution is 2.34. The highest BCUT2D eigenvalue weighted by Gasteiger charge is 2.32. The molecular formula is C8H4BrF3O4. The van der Waals surface area contributed by atoms with Gasteiger partial charge in [-0.25, -0.2) is 4.79 Å². The van der Waals surface area contributed by atoms with E-state index in [2.05, 4.69) is 20.7 Å². The van der Waals surface area contributed by atoms with Crippen molar-refractivity contribution in [1.29, 1.82) is 0 Å². The summed E-state index contributed by atoms with van der Waals surface area (Å²) in [6, 6.07) is 1.39. The van der Waals surface area contributed by atoms with Gasteiger partial charge in [-0.1, -0.05) is 0 Å². The van der Waals surface area contributed by atoms with Crippen LogP contribution < -0.4 is 4.74 Å². The van der Waals surface area contributed by atoms with Crippen molar-refractivity contribution >= 4 is 21.9 Å². The maximum absolute atomic E-state index is 11.9. The summed E-state index contributed by atoms with van der Waals surface area (Å²) in [5.74, 6) is -2.96. The van der Waals surface area contributed by atoms with Crippen molar-refractivity contribution in [2.75, 3.05) is 0 Å².